The second-order valence-corrected chi connectivity index (χ2v) is 6.98. The predicted molar refractivity (Wildman–Crippen MR) is 94.8 cm³/mol. The Morgan fingerprint density at radius 3 is 2.33 bits per heavy atom. The molecular formula is C17H15ClINO. The zero-order chi connectivity index (χ0) is 14.9. The fourth-order valence-corrected chi connectivity index (χ4v) is 3.40. The van der Waals surface area contributed by atoms with Crippen LogP contribution in [0.2, 0.25) is 5.02 Å². The van der Waals surface area contributed by atoms with Crippen LogP contribution in [0.3, 0.4) is 0 Å². The van der Waals surface area contributed by atoms with Crippen LogP contribution in [0.25, 0.3) is 0 Å². The summed E-state index contributed by atoms with van der Waals surface area (Å²) < 4.78 is 1.05. The standard InChI is InChI=1S/C17H15ClINO/c18-13-8-6-12(7-9-13)17(10-3-11-17)16(21)20-15-5-2-1-4-14(15)19/h1-2,4-9H,3,10-11H2,(H,20,21). The number of benzene rings is 2. The van der Waals surface area contributed by atoms with Crippen LogP contribution < -0.4 is 5.32 Å². The molecule has 1 aliphatic rings. The van der Waals surface area contributed by atoms with Crippen LogP contribution in [-0.2, 0) is 10.2 Å². The molecule has 0 saturated heterocycles. The lowest BCUT2D eigenvalue weighted by Gasteiger charge is -2.40. The van der Waals surface area contributed by atoms with Crippen molar-refractivity contribution in [3.63, 3.8) is 0 Å². The van der Waals surface area contributed by atoms with E-state index in [1.165, 1.54) is 0 Å². The van der Waals surface area contributed by atoms with Crippen LogP contribution in [0.4, 0.5) is 5.69 Å². The van der Waals surface area contributed by atoms with Crippen molar-refractivity contribution in [2.45, 2.75) is 24.7 Å². The van der Waals surface area contributed by atoms with Gasteiger partial charge in [0.1, 0.15) is 0 Å². The van der Waals surface area contributed by atoms with Gasteiger partial charge >= 0.3 is 0 Å². The first kappa shape index (κ1) is 14.9. The normalized spacial score (nSPS) is 16.1. The van der Waals surface area contributed by atoms with E-state index in [0.29, 0.717) is 5.02 Å². The summed E-state index contributed by atoms with van der Waals surface area (Å²) in [7, 11) is 0. The van der Waals surface area contributed by atoms with Gasteiger partial charge < -0.3 is 5.32 Å². The Morgan fingerprint density at radius 2 is 1.76 bits per heavy atom. The molecule has 1 amide bonds. The number of carbonyl (C=O) groups excluding carboxylic acids is 1. The van der Waals surface area contributed by atoms with Gasteiger partial charge in [0.15, 0.2) is 0 Å². The number of hydrogen-bond acceptors (Lipinski definition) is 1. The van der Waals surface area contributed by atoms with Crippen molar-refractivity contribution in [3.8, 4) is 0 Å². The van der Waals surface area contributed by atoms with Crippen molar-refractivity contribution in [1.82, 2.24) is 0 Å². The summed E-state index contributed by atoms with van der Waals surface area (Å²) in [5, 5.41) is 3.79. The topological polar surface area (TPSA) is 29.1 Å². The van der Waals surface area contributed by atoms with Crippen LogP contribution in [0.1, 0.15) is 24.8 Å². The minimum atomic E-state index is -0.399. The maximum absolute atomic E-state index is 12.8. The molecule has 108 valence electrons. The highest BCUT2D eigenvalue weighted by atomic mass is 127. The smallest absolute Gasteiger partial charge is 0.235 e. The summed E-state index contributed by atoms with van der Waals surface area (Å²) in [6.07, 6.45) is 2.87. The number of anilines is 1. The van der Waals surface area contributed by atoms with Crippen LogP contribution in [0.15, 0.2) is 48.5 Å². The third kappa shape index (κ3) is 2.81. The lowest BCUT2D eigenvalue weighted by Crippen LogP contribution is -2.46. The van der Waals surface area contributed by atoms with E-state index in [9.17, 15) is 4.79 Å². The molecule has 0 aromatic heterocycles. The maximum atomic E-state index is 12.8. The zero-order valence-corrected chi connectivity index (χ0v) is 14.3. The van der Waals surface area contributed by atoms with Crippen LogP contribution in [-0.4, -0.2) is 5.91 Å². The molecule has 21 heavy (non-hydrogen) atoms. The predicted octanol–water partition coefficient (Wildman–Crippen LogP) is 5.01. The molecule has 0 bridgehead atoms. The summed E-state index contributed by atoms with van der Waals surface area (Å²) in [5.41, 5.74) is 1.54. The average molecular weight is 412 g/mol. The number of hydrogen-bond donors (Lipinski definition) is 1. The van der Waals surface area contributed by atoms with E-state index in [4.69, 9.17) is 11.6 Å². The lowest BCUT2D eigenvalue weighted by atomic mass is 9.64. The molecule has 0 unspecified atom stereocenters. The Morgan fingerprint density at radius 1 is 1.10 bits per heavy atom. The minimum Gasteiger partial charge on any atom is -0.324 e. The number of nitrogens with one attached hydrogen (secondary N) is 1. The molecule has 1 aliphatic carbocycles. The Labute approximate surface area is 143 Å². The van der Waals surface area contributed by atoms with Gasteiger partial charge in [-0.25, -0.2) is 0 Å². The third-order valence-electron chi connectivity index (χ3n) is 4.16. The molecule has 0 spiro atoms. The van der Waals surface area contributed by atoms with Crippen molar-refractivity contribution in [2.75, 3.05) is 5.32 Å². The van der Waals surface area contributed by atoms with Crippen molar-refractivity contribution < 1.29 is 4.79 Å². The van der Waals surface area contributed by atoms with Crippen molar-refractivity contribution in [3.05, 3.63) is 62.7 Å². The molecule has 2 nitrogen and oxygen atoms in total. The highest BCUT2D eigenvalue weighted by Gasteiger charge is 2.45. The van der Waals surface area contributed by atoms with Crippen LogP contribution in [0.5, 0.6) is 0 Å². The molecule has 2 aromatic carbocycles. The largest absolute Gasteiger partial charge is 0.324 e. The summed E-state index contributed by atoms with van der Waals surface area (Å²) in [5.74, 6) is 0.0835. The lowest BCUT2D eigenvalue weighted by molar-refractivity contribution is -0.124. The second kappa shape index (κ2) is 5.97. The molecular weight excluding hydrogens is 397 g/mol. The summed E-state index contributed by atoms with van der Waals surface area (Å²) in [6.45, 7) is 0. The first-order valence-corrected chi connectivity index (χ1v) is 8.39. The van der Waals surface area contributed by atoms with Gasteiger partial charge in [0, 0.05) is 8.59 Å². The number of para-hydroxylation sites is 1. The molecule has 0 heterocycles. The fraction of sp³-hybridized carbons (Fsp3) is 0.235. The summed E-state index contributed by atoms with van der Waals surface area (Å²) in [4.78, 5) is 12.8. The Bertz CT molecular complexity index is 665. The molecule has 3 rings (SSSR count). The quantitative estimate of drug-likeness (QED) is 0.707. The van der Waals surface area contributed by atoms with Gasteiger partial charge in [0.2, 0.25) is 5.91 Å². The van der Waals surface area contributed by atoms with Gasteiger partial charge in [-0.2, -0.15) is 0 Å². The monoisotopic (exact) mass is 411 g/mol. The van der Waals surface area contributed by atoms with Crippen molar-refractivity contribution in [2.24, 2.45) is 0 Å². The van der Waals surface area contributed by atoms with Crippen LogP contribution in [0, 0.1) is 3.57 Å². The molecule has 0 radical (unpaired) electrons. The van der Waals surface area contributed by atoms with E-state index in [2.05, 4.69) is 27.9 Å². The Kier molecular flexibility index (Phi) is 4.22. The minimum absolute atomic E-state index is 0.0835. The first-order chi connectivity index (χ1) is 10.1. The number of halogens is 2. The highest BCUT2D eigenvalue weighted by Crippen LogP contribution is 2.45. The van der Waals surface area contributed by atoms with E-state index in [1.807, 2.05) is 48.5 Å². The van der Waals surface area contributed by atoms with Gasteiger partial charge in [-0.1, -0.05) is 42.3 Å². The Balaban J connectivity index is 1.87. The molecule has 1 fully saturated rings. The van der Waals surface area contributed by atoms with E-state index >= 15 is 0 Å². The van der Waals surface area contributed by atoms with Gasteiger partial charge in [-0.15, -0.1) is 0 Å². The van der Waals surface area contributed by atoms with E-state index in [-0.39, 0.29) is 5.91 Å². The first-order valence-electron chi connectivity index (χ1n) is 6.94. The molecule has 1 saturated carbocycles. The van der Waals surface area contributed by atoms with Gasteiger partial charge in [-0.05, 0) is 65.3 Å². The number of rotatable bonds is 3. The number of amides is 1. The van der Waals surface area contributed by atoms with E-state index < -0.39 is 5.41 Å². The van der Waals surface area contributed by atoms with E-state index in [0.717, 1.165) is 34.1 Å². The zero-order valence-electron chi connectivity index (χ0n) is 11.4. The molecule has 0 atom stereocenters. The molecule has 1 N–H and O–H groups in total. The third-order valence-corrected chi connectivity index (χ3v) is 5.35. The summed E-state index contributed by atoms with van der Waals surface area (Å²) >= 11 is 8.19. The molecule has 4 heteroatoms. The van der Waals surface area contributed by atoms with Crippen molar-refractivity contribution >= 4 is 45.8 Å². The molecule has 2 aromatic rings. The number of carbonyl (C=O) groups is 1. The van der Waals surface area contributed by atoms with Crippen molar-refractivity contribution in [1.29, 1.82) is 0 Å². The SMILES string of the molecule is O=C(Nc1ccccc1I)C1(c2ccc(Cl)cc2)CCC1. The highest BCUT2D eigenvalue weighted by molar-refractivity contribution is 14.1. The average Bonchev–Trinajstić information content (AvgIpc) is 2.42. The van der Waals surface area contributed by atoms with Gasteiger partial charge in [0.05, 0.1) is 11.1 Å². The fourth-order valence-electron chi connectivity index (χ4n) is 2.75. The maximum Gasteiger partial charge on any atom is 0.235 e. The van der Waals surface area contributed by atoms with Gasteiger partial charge in [0.25, 0.3) is 0 Å². The molecule has 0 aliphatic heterocycles. The summed E-state index contributed by atoms with van der Waals surface area (Å²) in [6, 6.07) is 15.5. The van der Waals surface area contributed by atoms with E-state index in [1.54, 1.807) is 0 Å². The van der Waals surface area contributed by atoms with Crippen LogP contribution >= 0.6 is 34.2 Å². The Hall–Kier alpha value is -1.07. The van der Waals surface area contributed by atoms with Gasteiger partial charge in [-0.3, -0.25) is 4.79 Å². The second-order valence-electron chi connectivity index (χ2n) is 5.38.